The Morgan fingerprint density at radius 2 is 2.07 bits per heavy atom. The number of halogens is 1. The number of hydrogen-bond donors (Lipinski definition) is 4. The summed E-state index contributed by atoms with van der Waals surface area (Å²) in [5, 5.41) is 17.6. The van der Waals surface area contributed by atoms with Crippen molar-refractivity contribution in [3.63, 3.8) is 0 Å². The van der Waals surface area contributed by atoms with Crippen LogP contribution in [0.25, 0.3) is 22.3 Å². The van der Waals surface area contributed by atoms with E-state index in [1.165, 1.54) is 10.6 Å². The third-order valence-electron chi connectivity index (χ3n) is 8.45. The first-order chi connectivity index (χ1) is 20.0. The first kappa shape index (κ1) is 27.9. The number of cyclic esters (lactones) is 1. The predicted molar refractivity (Wildman–Crippen MR) is 146 cm³/mol. The molecule has 2 aromatic heterocycles. The second-order valence-corrected chi connectivity index (χ2v) is 10.9. The van der Waals surface area contributed by atoms with Crippen molar-refractivity contribution in [1.29, 1.82) is 0 Å². The molecule has 0 saturated carbocycles. The van der Waals surface area contributed by atoms with Gasteiger partial charge in [0.2, 0.25) is 11.8 Å². The van der Waals surface area contributed by atoms with E-state index in [9.17, 15) is 24.3 Å². The lowest BCUT2D eigenvalue weighted by Crippen LogP contribution is -2.44. The highest BCUT2D eigenvalue weighted by Crippen LogP contribution is 2.45. The Hall–Kier alpha value is -4.20. The summed E-state index contributed by atoms with van der Waals surface area (Å²) >= 11 is 0. The molecular formula is C29H30FN5O7. The Morgan fingerprint density at radius 1 is 1.29 bits per heavy atom. The number of fused-ring (bicyclic) bond motifs is 5. The van der Waals surface area contributed by atoms with Crippen molar-refractivity contribution in [2.24, 2.45) is 5.73 Å². The molecule has 42 heavy (non-hydrogen) atoms. The standard InChI is InChI=1S/C29H30FN5O7/c1-3-29(40)17-6-21-26-15(9-35(21)27(38)16(17)10-42-28(29)39)25-19(33-23(37)11-41-12-32-8-22(31)36)5-4-14-13(2)18(30)7-20(34-26)24(14)25/h6-7,19,32,40H,3-5,8-12H2,1-2H3,(H2,31,36)(H,33,37)/t19-,29-/m0/s1. The minimum absolute atomic E-state index is 0.00700. The number of nitrogens with one attached hydrogen (secondary N) is 2. The van der Waals surface area contributed by atoms with Crippen molar-refractivity contribution in [2.75, 3.05) is 19.9 Å². The van der Waals surface area contributed by atoms with Crippen LogP contribution in [0.4, 0.5) is 4.39 Å². The normalized spacial score (nSPS) is 20.1. The van der Waals surface area contributed by atoms with Gasteiger partial charge < -0.3 is 30.2 Å². The number of primary amides is 1. The van der Waals surface area contributed by atoms with Crippen LogP contribution in [0.3, 0.4) is 0 Å². The van der Waals surface area contributed by atoms with Crippen LogP contribution >= 0.6 is 0 Å². The fraction of sp³-hybridized carbons (Fsp3) is 0.414. The summed E-state index contributed by atoms with van der Waals surface area (Å²) in [6, 6.07) is 2.48. The fourth-order valence-corrected chi connectivity index (χ4v) is 6.33. The van der Waals surface area contributed by atoms with E-state index >= 15 is 4.39 Å². The minimum atomic E-state index is -1.98. The number of aromatic nitrogens is 2. The first-order valence-electron chi connectivity index (χ1n) is 13.7. The monoisotopic (exact) mass is 579 g/mol. The van der Waals surface area contributed by atoms with E-state index in [-0.39, 0.29) is 50.6 Å². The summed E-state index contributed by atoms with van der Waals surface area (Å²) in [5.74, 6) is -2.17. The van der Waals surface area contributed by atoms with Crippen molar-refractivity contribution >= 4 is 28.7 Å². The maximum absolute atomic E-state index is 15.0. The van der Waals surface area contributed by atoms with E-state index in [0.29, 0.717) is 40.9 Å². The largest absolute Gasteiger partial charge is 0.458 e. The number of pyridine rings is 2. The summed E-state index contributed by atoms with van der Waals surface area (Å²) in [6.07, 6.45) is 0.991. The van der Waals surface area contributed by atoms with Crippen LogP contribution < -0.4 is 21.9 Å². The Kier molecular flexibility index (Phi) is 6.83. The maximum atomic E-state index is 15.0. The van der Waals surface area contributed by atoms with Crippen LogP contribution in [0.2, 0.25) is 0 Å². The van der Waals surface area contributed by atoms with Gasteiger partial charge in [-0.3, -0.25) is 19.7 Å². The zero-order valence-electron chi connectivity index (χ0n) is 23.1. The van der Waals surface area contributed by atoms with E-state index < -0.39 is 40.8 Å². The van der Waals surface area contributed by atoms with Crippen LogP contribution in [-0.2, 0) is 49.0 Å². The minimum Gasteiger partial charge on any atom is -0.458 e. The van der Waals surface area contributed by atoms with Crippen LogP contribution in [-0.4, -0.2) is 52.3 Å². The molecule has 2 atom stereocenters. The zero-order valence-corrected chi connectivity index (χ0v) is 23.1. The molecule has 2 aliphatic heterocycles. The van der Waals surface area contributed by atoms with Gasteiger partial charge >= 0.3 is 5.97 Å². The third-order valence-corrected chi connectivity index (χ3v) is 8.45. The van der Waals surface area contributed by atoms with E-state index in [1.54, 1.807) is 19.9 Å². The number of amides is 2. The number of rotatable bonds is 8. The van der Waals surface area contributed by atoms with Crippen molar-refractivity contribution in [2.45, 2.75) is 57.9 Å². The molecule has 1 aliphatic carbocycles. The Labute approximate surface area is 239 Å². The quantitative estimate of drug-likeness (QED) is 0.133. The fourth-order valence-electron chi connectivity index (χ4n) is 6.33. The van der Waals surface area contributed by atoms with Crippen LogP contribution in [0.15, 0.2) is 16.9 Å². The number of benzene rings is 1. The molecule has 6 rings (SSSR count). The lowest BCUT2D eigenvalue weighted by atomic mass is 9.81. The number of hydrogen-bond acceptors (Lipinski definition) is 9. The Bertz CT molecular complexity index is 1750. The van der Waals surface area contributed by atoms with E-state index in [2.05, 4.69) is 10.6 Å². The molecule has 3 aliphatic rings. The molecule has 1 aromatic carbocycles. The van der Waals surface area contributed by atoms with Crippen LogP contribution in [0.5, 0.6) is 0 Å². The van der Waals surface area contributed by atoms with Gasteiger partial charge in [-0.05, 0) is 48.9 Å². The number of nitrogens with two attached hydrogens (primary N) is 1. The molecule has 0 spiro atoms. The number of aryl methyl sites for hydroxylation is 1. The second-order valence-electron chi connectivity index (χ2n) is 10.9. The summed E-state index contributed by atoms with van der Waals surface area (Å²) in [5.41, 5.74) is 7.05. The third kappa shape index (κ3) is 4.27. The number of esters is 1. The zero-order chi connectivity index (χ0) is 29.9. The van der Waals surface area contributed by atoms with Gasteiger partial charge in [-0.1, -0.05) is 6.92 Å². The topological polar surface area (TPSA) is 175 Å². The van der Waals surface area contributed by atoms with Gasteiger partial charge in [-0.25, -0.2) is 14.2 Å². The molecule has 5 N–H and O–H groups in total. The van der Waals surface area contributed by atoms with Crippen molar-refractivity contribution in [3.8, 4) is 11.4 Å². The smallest absolute Gasteiger partial charge is 0.343 e. The maximum Gasteiger partial charge on any atom is 0.343 e. The van der Waals surface area contributed by atoms with Crippen LogP contribution in [0, 0.1) is 12.7 Å². The highest BCUT2D eigenvalue weighted by molar-refractivity contribution is 5.94. The van der Waals surface area contributed by atoms with Gasteiger partial charge in [0.05, 0.1) is 48.3 Å². The number of ether oxygens (including phenoxy) is 2. The molecule has 0 saturated heterocycles. The Balaban J connectivity index is 1.45. The average Bonchev–Trinajstić information content (AvgIpc) is 3.32. The van der Waals surface area contributed by atoms with E-state index in [0.717, 1.165) is 16.5 Å². The SMILES string of the molecule is CC[C@@]1(O)C(=O)OCc2c1cc1n(c2=O)Cc2c-1nc1cc(F)c(C)c3c1c2[C@@H](NC(=O)COCNCC(N)=O)CC3. The number of carbonyl (C=O) groups excluding carboxylic acids is 3. The molecule has 0 fully saturated rings. The van der Waals surface area contributed by atoms with Gasteiger partial charge in [0.25, 0.3) is 5.56 Å². The highest BCUT2D eigenvalue weighted by Gasteiger charge is 2.46. The van der Waals surface area contributed by atoms with Gasteiger partial charge in [-0.15, -0.1) is 0 Å². The average molecular weight is 580 g/mol. The molecule has 0 bridgehead atoms. The molecule has 3 aromatic rings. The summed E-state index contributed by atoms with van der Waals surface area (Å²) in [4.78, 5) is 54.8. The molecule has 220 valence electrons. The van der Waals surface area contributed by atoms with Gasteiger partial charge in [0, 0.05) is 22.6 Å². The molecule has 0 unspecified atom stereocenters. The predicted octanol–water partition coefficient (Wildman–Crippen LogP) is 0.680. The lowest BCUT2D eigenvalue weighted by molar-refractivity contribution is -0.172. The van der Waals surface area contributed by atoms with E-state index in [1.807, 2.05) is 0 Å². The number of aliphatic hydroxyl groups is 1. The molecule has 13 heteroatoms. The van der Waals surface area contributed by atoms with Gasteiger partial charge in [-0.2, -0.15) is 0 Å². The molecular weight excluding hydrogens is 549 g/mol. The first-order valence-corrected chi connectivity index (χ1v) is 13.7. The molecule has 12 nitrogen and oxygen atoms in total. The van der Waals surface area contributed by atoms with Gasteiger partial charge in [0.1, 0.15) is 19.0 Å². The summed E-state index contributed by atoms with van der Waals surface area (Å²) < 4.78 is 27.0. The number of nitrogens with zero attached hydrogens (tertiary/aromatic N) is 2. The Morgan fingerprint density at radius 3 is 2.81 bits per heavy atom. The highest BCUT2D eigenvalue weighted by atomic mass is 19.1. The molecule has 0 radical (unpaired) electrons. The molecule has 4 heterocycles. The van der Waals surface area contributed by atoms with E-state index in [4.69, 9.17) is 20.2 Å². The lowest BCUT2D eigenvalue weighted by Gasteiger charge is -2.31. The van der Waals surface area contributed by atoms with Crippen molar-refractivity contribution < 1.29 is 33.4 Å². The van der Waals surface area contributed by atoms with Crippen LogP contribution in [0.1, 0.15) is 59.2 Å². The summed E-state index contributed by atoms with van der Waals surface area (Å²) in [7, 11) is 0. The molecule has 2 amide bonds. The summed E-state index contributed by atoms with van der Waals surface area (Å²) in [6.45, 7) is 2.82. The van der Waals surface area contributed by atoms with Gasteiger partial charge in [0.15, 0.2) is 5.60 Å². The van der Waals surface area contributed by atoms with Crippen molar-refractivity contribution in [1.82, 2.24) is 20.2 Å². The number of carbonyl (C=O) groups is 3. The second kappa shape index (κ2) is 10.3. The van der Waals surface area contributed by atoms with Crippen molar-refractivity contribution in [3.05, 3.63) is 61.7 Å².